The van der Waals surface area contributed by atoms with Crippen molar-refractivity contribution in [3.05, 3.63) is 76.6 Å². The fourth-order valence-electron chi connectivity index (χ4n) is 3.58. The van der Waals surface area contributed by atoms with E-state index in [2.05, 4.69) is 10.00 Å². The Morgan fingerprint density at radius 3 is 2.13 bits per heavy atom. The van der Waals surface area contributed by atoms with E-state index in [1.165, 1.54) is 10.7 Å². The zero-order chi connectivity index (χ0) is 21.8. The highest BCUT2D eigenvalue weighted by Gasteiger charge is 2.24. The molecule has 4 rings (SSSR count). The van der Waals surface area contributed by atoms with Gasteiger partial charge in [-0.3, -0.25) is 9.59 Å². The van der Waals surface area contributed by atoms with Crippen molar-refractivity contribution >= 4 is 11.7 Å². The summed E-state index contributed by atoms with van der Waals surface area (Å²) in [7, 11) is 3.12. The van der Waals surface area contributed by atoms with Crippen LogP contribution in [0.15, 0.2) is 65.5 Å². The van der Waals surface area contributed by atoms with Crippen LogP contribution in [0.4, 0.5) is 5.82 Å². The monoisotopic (exact) mass is 420 g/mol. The van der Waals surface area contributed by atoms with Gasteiger partial charge in [0.15, 0.2) is 0 Å². The first-order valence-corrected chi connectivity index (χ1v) is 10.0. The van der Waals surface area contributed by atoms with Crippen LogP contribution < -0.4 is 19.9 Å². The van der Waals surface area contributed by atoms with Crippen LogP contribution in [0.2, 0.25) is 0 Å². The maximum absolute atomic E-state index is 13.0. The van der Waals surface area contributed by atoms with E-state index in [4.69, 9.17) is 9.47 Å². The Labute approximate surface area is 180 Å². The number of anilines is 1. The van der Waals surface area contributed by atoms with Crippen molar-refractivity contribution in [2.75, 3.05) is 45.3 Å². The number of carbonyl (C=O) groups is 1. The molecule has 0 N–H and O–H groups in total. The van der Waals surface area contributed by atoms with E-state index in [-0.39, 0.29) is 11.5 Å². The minimum atomic E-state index is -0.185. The lowest BCUT2D eigenvalue weighted by Gasteiger charge is -2.35. The molecule has 0 unspecified atom stereocenters. The quantitative estimate of drug-likeness (QED) is 0.630. The number of hydrogen-bond donors (Lipinski definition) is 0. The summed E-state index contributed by atoms with van der Waals surface area (Å²) in [6, 6.07) is 17.7. The molecule has 8 heteroatoms. The van der Waals surface area contributed by atoms with Crippen LogP contribution in [0.25, 0.3) is 5.69 Å². The lowest BCUT2D eigenvalue weighted by atomic mass is 10.1. The standard InChI is InChI=1S/C23H24N4O4/c1-30-19-14-17(15-20(16-19)31-2)23(29)26-12-10-25(11-13-26)21-8-9-22(28)27(24-21)18-6-4-3-5-7-18/h3-9,14-16H,10-13H2,1-2H3. The minimum absolute atomic E-state index is 0.0703. The van der Waals surface area contributed by atoms with E-state index in [0.717, 1.165) is 5.69 Å². The summed E-state index contributed by atoms with van der Waals surface area (Å²) in [4.78, 5) is 29.1. The number of benzene rings is 2. The topological polar surface area (TPSA) is 76.9 Å². The summed E-state index contributed by atoms with van der Waals surface area (Å²) < 4.78 is 11.9. The van der Waals surface area contributed by atoms with Gasteiger partial charge in [0.25, 0.3) is 11.5 Å². The maximum atomic E-state index is 13.0. The minimum Gasteiger partial charge on any atom is -0.497 e. The van der Waals surface area contributed by atoms with Crippen LogP contribution in [-0.2, 0) is 0 Å². The molecule has 1 fully saturated rings. The fraction of sp³-hybridized carbons (Fsp3) is 0.261. The van der Waals surface area contributed by atoms with Gasteiger partial charge in [-0.1, -0.05) is 18.2 Å². The summed E-state index contributed by atoms with van der Waals surface area (Å²) in [6.45, 7) is 2.33. The molecule has 3 aromatic rings. The van der Waals surface area contributed by atoms with Crippen LogP contribution in [0.1, 0.15) is 10.4 Å². The van der Waals surface area contributed by atoms with E-state index in [0.29, 0.717) is 49.1 Å². The lowest BCUT2D eigenvalue weighted by Crippen LogP contribution is -2.49. The molecular formula is C23H24N4O4. The third-order valence-corrected chi connectivity index (χ3v) is 5.28. The number of hydrogen-bond acceptors (Lipinski definition) is 6. The van der Waals surface area contributed by atoms with Crippen molar-refractivity contribution in [3.63, 3.8) is 0 Å². The number of methoxy groups -OCH3 is 2. The van der Waals surface area contributed by atoms with E-state index < -0.39 is 0 Å². The van der Waals surface area contributed by atoms with Gasteiger partial charge in [-0.15, -0.1) is 5.10 Å². The first-order valence-electron chi connectivity index (χ1n) is 10.0. The van der Waals surface area contributed by atoms with Crippen LogP contribution in [0.3, 0.4) is 0 Å². The zero-order valence-corrected chi connectivity index (χ0v) is 17.5. The third kappa shape index (κ3) is 4.37. The highest BCUT2D eigenvalue weighted by atomic mass is 16.5. The SMILES string of the molecule is COc1cc(OC)cc(C(=O)N2CCN(c3ccc(=O)n(-c4ccccc4)n3)CC2)c1. The first kappa shape index (κ1) is 20.5. The van der Waals surface area contributed by atoms with Crippen molar-refractivity contribution in [2.45, 2.75) is 0 Å². The van der Waals surface area contributed by atoms with E-state index in [1.54, 1.807) is 43.4 Å². The normalized spacial score (nSPS) is 13.7. The molecule has 1 aliphatic rings. The molecule has 0 atom stereocenters. The van der Waals surface area contributed by atoms with Crippen LogP contribution in [0, 0.1) is 0 Å². The van der Waals surface area contributed by atoms with Gasteiger partial charge in [0.2, 0.25) is 0 Å². The number of rotatable bonds is 5. The van der Waals surface area contributed by atoms with Crippen LogP contribution in [-0.4, -0.2) is 61.0 Å². The zero-order valence-electron chi connectivity index (χ0n) is 17.5. The number of amides is 1. The van der Waals surface area contributed by atoms with E-state index >= 15 is 0 Å². The molecule has 31 heavy (non-hydrogen) atoms. The van der Waals surface area contributed by atoms with Gasteiger partial charge in [0.1, 0.15) is 17.3 Å². The van der Waals surface area contributed by atoms with Crippen molar-refractivity contribution in [3.8, 4) is 17.2 Å². The molecule has 0 bridgehead atoms. The lowest BCUT2D eigenvalue weighted by molar-refractivity contribution is 0.0745. The average molecular weight is 420 g/mol. The molecule has 0 spiro atoms. The summed E-state index contributed by atoms with van der Waals surface area (Å²) in [5.74, 6) is 1.79. The molecule has 0 aliphatic carbocycles. The second kappa shape index (κ2) is 8.91. The Morgan fingerprint density at radius 2 is 1.52 bits per heavy atom. The predicted molar refractivity (Wildman–Crippen MR) is 117 cm³/mol. The molecule has 1 aromatic heterocycles. The van der Waals surface area contributed by atoms with Crippen LogP contribution >= 0.6 is 0 Å². The molecule has 1 amide bonds. The highest BCUT2D eigenvalue weighted by molar-refractivity contribution is 5.95. The second-order valence-electron chi connectivity index (χ2n) is 7.16. The van der Waals surface area contributed by atoms with E-state index in [1.807, 2.05) is 30.3 Å². The molecule has 8 nitrogen and oxygen atoms in total. The summed E-state index contributed by atoms with van der Waals surface area (Å²) in [5.41, 5.74) is 1.06. The Bertz CT molecular complexity index is 1100. The largest absolute Gasteiger partial charge is 0.497 e. The van der Waals surface area contributed by atoms with Crippen LogP contribution in [0.5, 0.6) is 11.5 Å². The molecular weight excluding hydrogens is 396 g/mol. The molecule has 160 valence electrons. The van der Waals surface area contributed by atoms with Crippen molar-refractivity contribution in [1.29, 1.82) is 0 Å². The van der Waals surface area contributed by atoms with Gasteiger partial charge >= 0.3 is 0 Å². The number of carbonyl (C=O) groups excluding carboxylic acids is 1. The summed E-state index contributed by atoms with van der Waals surface area (Å²) >= 11 is 0. The fourth-order valence-corrected chi connectivity index (χ4v) is 3.58. The molecule has 2 heterocycles. The van der Waals surface area contributed by atoms with E-state index in [9.17, 15) is 9.59 Å². The van der Waals surface area contributed by atoms with Gasteiger partial charge in [0, 0.05) is 43.9 Å². The van der Waals surface area contributed by atoms with Gasteiger partial charge < -0.3 is 19.3 Å². The second-order valence-corrected chi connectivity index (χ2v) is 7.16. The molecule has 1 saturated heterocycles. The molecule has 1 aliphatic heterocycles. The molecule has 0 saturated carbocycles. The molecule has 2 aromatic carbocycles. The smallest absolute Gasteiger partial charge is 0.271 e. The first-order chi connectivity index (χ1) is 15.1. The van der Waals surface area contributed by atoms with Crippen molar-refractivity contribution in [1.82, 2.24) is 14.7 Å². The summed E-state index contributed by atoms with van der Waals surface area (Å²) in [5, 5.41) is 4.53. The Balaban J connectivity index is 1.48. The maximum Gasteiger partial charge on any atom is 0.271 e. The number of piperazine rings is 1. The van der Waals surface area contributed by atoms with Crippen molar-refractivity contribution in [2.24, 2.45) is 0 Å². The number of nitrogens with zero attached hydrogens (tertiary/aromatic N) is 4. The summed E-state index contributed by atoms with van der Waals surface area (Å²) in [6.07, 6.45) is 0. The van der Waals surface area contributed by atoms with Gasteiger partial charge in [-0.05, 0) is 30.3 Å². The Kier molecular flexibility index (Phi) is 5.88. The van der Waals surface area contributed by atoms with Crippen molar-refractivity contribution < 1.29 is 14.3 Å². The van der Waals surface area contributed by atoms with Gasteiger partial charge in [0.05, 0.1) is 19.9 Å². The Hall–Kier alpha value is -3.81. The number of aromatic nitrogens is 2. The van der Waals surface area contributed by atoms with Gasteiger partial charge in [-0.25, -0.2) is 0 Å². The molecule has 0 radical (unpaired) electrons. The third-order valence-electron chi connectivity index (χ3n) is 5.28. The predicted octanol–water partition coefficient (Wildman–Crippen LogP) is 2.21. The average Bonchev–Trinajstić information content (AvgIpc) is 2.84. The van der Waals surface area contributed by atoms with Gasteiger partial charge in [-0.2, -0.15) is 4.68 Å². The number of ether oxygens (including phenoxy) is 2. The number of para-hydroxylation sites is 1. The Morgan fingerprint density at radius 1 is 0.871 bits per heavy atom. The highest BCUT2D eigenvalue weighted by Crippen LogP contribution is 2.24.